The fourth-order valence-electron chi connectivity index (χ4n) is 10.3. The van der Waals surface area contributed by atoms with E-state index in [0.717, 1.165) is 120 Å². The minimum Gasteiger partial charge on any atom is -0.490 e. The Morgan fingerprint density at radius 2 is 1.71 bits per heavy atom. The van der Waals surface area contributed by atoms with Gasteiger partial charge in [-0.25, -0.2) is 0 Å². The maximum absolute atomic E-state index is 13.1. The minimum atomic E-state index is -0.198. The fraction of sp³-hybridized carbons (Fsp3) is 0.490. The van der Waals surface area contributed by atoms with Gasteiger partial charge in [0.05, 0.1) is 28.4 Å². The number of aromatic nitrogens is 5. The van der Waals surface area contributed by atoms with Crippen molar-refractivity contribution in [3.8, 4) is 23.1 Å². The smallest absolute Gasteiger partial charge is 0.272 e. The van der Waals surface area contributed by atoms with Crippen LogP contribution in [0.25, 0.3) is 22.0 Å². The lowest BCUT2D eigenvalue weighted by Gasteiger charge is -2.38. The monoisotopic (exact) mass is 866 g/mol. The maximum atomic E-state index is 13.1. The summed E-state index contributed by atoms with van der Waals surface area (Å²) in [6, 6.07) is 20.1. The van der Waals surface area contributed by atoms with Crippen molar-refractivity contribution in [1.82, 2.24) is 40.1 Å². The van der Waals surface area contributed by atoms with E-state index in [0.29, 0.717) is 46.5 Å². The van der Waals surface area contributed by atoms with Crippen LogP contribution in [0.1, 0.15) is 116 Å². The van der Waals surface area contributed by atoms with Crippen LogP contribution in [0.5, 0.6) is 5.75 Å². The van der Waals surface area contributed by atoms with Crippen molar-refractivity contribution in [3.05, 3.63) is 94.0 Å². The average molecular weight is 867 g/mol. The van der Waals surface area contributed by atoms with Gasteiger partial charge < -0.3 is 24.8 Å². The molecule has 2 aliphatic carbocycles. The van der Waals surface area contributed by atoms with Gasteiger partial charge in [0.2, 0.25) is 5.91 Å². The van der Waals surface area contributed by atoms with Gasteiger partial charge in [0.15, 0.2) is 11.5 Å². The molecule has 2 saturated heterocycles. The van der Waals surface area contributed by atoms with Crippen molar-refractivity contribution in [3.63, 3.8) is 0 Å². The Kier molecular flexibility index (Phi) is 11.8. The van der Waals surface area contributed by atoms with Crippen molar-refractivity contribution in [2.45, 2.75) is 108 Å². The first-order chi connectivity index (χ1) is 30.8. The third-order valence-electron chi connectivity index (χ3n) is 14.2. The standard InChI is InChI=1S/C49H55ClN10O3/c1-31(61)59-24-19-46-42(30-59)48(40-4-2-3-34-25-45(33-5-6-33)52-28-41(34)40)56-60(46)37-17-20-57(21-18-37)29-32-15-22-58(23-16-32)47-14-13-44(54-55-47)49(62)53-36-8-11-38(12-9-36)63-39-10-7-35(27-51)43(50)26-39/h2-4,7,10,13-14,25-26,28,32-33,36-38H,5-6,8-9,11-12,15-24,29-30H2,1H3,(H,53,62). The number of likely N-dealkylation sites (tertiary alicyclic amines) is 1. The second-order valence-corrected chi connectivity index (χ2v) is 18.8. The van der Waals surface area contributed by atoms with Crippen LogP contribution in [0.3, 0.4) is 0 Å². The first-order valence-corrected chi connectivity index (χ1v) is 23.4. The Balaban J connectivity index is 0.702. The van der Waals surface area contributed by atoms with E-state index >= 15 is 0 Å². The average Bonchev–Trinajstić information content (AvgIpc) is 4.10. The quantitative estimate of drug-likeness (QED) is 0.147. The Bertz CT molecular complexity index is 2530. The van der Waals surface area contributed by atoms with Crippen LogP contribution in [0.15, 0.2) is 60.8 Å². The van der Waals surface area contributed by atoms with Crippen molar-refractivity contribution in [2.24, 2.45) is 5.92 Å². The highest BCUT2D eigenvalue weighted by molar-refractivity contribution is 6.31. The highest BCUT2D eigenvalue weighted by atomic mass is 35.5. The molecule has 63 heavy (non-hydrogen) atoms. The number of ether oxygens (including phenoxy) is 1. The maximum Gasteiger partial charge on any atom is 0.272 e. The molecule has 5 aromatic rings. The largest absolute Gasteiger partial charge is 0.490 e. The minimum absolute atomic E-state index is 0.0355. The number of halogens is 1. The molecule has 5 aliphatic rings. The predicted octanol–water partition coefficient (Wildman–Crippen LogP) is 7.87. The molecule has 2 aromatic carbocycles. The third-order valence-corrected chi connectivity index (χ3v) is 14.5. The Morgan fingerprint density at radius 1 is 0.905 bits per heavy atom. The number of pyridine rings is 1. The molecule has 6 heterocycles. The topological polar surface area (TPSA) is 145 Å². The van der Waals surface area contributed by atoms with Crippen molar-refractivity contribution in [1.29, 1.82) is 5.26 Å². The van der Waals surface area contributed by atoms with Crippen LogP contribution < -0.4 is 15.0 Å². The normalized spacial score (nSPS) is 21.2. The van der Waals surface area contributed by atoms with E-state index in [2.05, 4.69) is 60.3 Å². The summed E-state index contributed by atoms with van der Waals surface area (Å²) in [5.74, 6) is 2.62. The molecular weight excluding hydrogens is 812 g/mol. The highest BCUT2D eigenvalue weighted by Crippen LogP contribution is 2.42. The van der Waals surface area contributed by atoms with Crippen molar-refractivity contribution >= 4 is 40.0 Å². The first kappa shape index (κ1) is 41.4. The number of rotatable bonds is 10. The number of nitrogens with zero attached hydrogens (tertiary/aromatic N) is 9. The molecule has 0 bridgehead atoms. The van der Waals surface area contributed by atoms with E-state index < -0.39 is 0 Å². The number of nitriles is 1. The van der Waals surface area contributed by atoms with Crippen LogP contribution in [-0.2, 0) is 17.8 Å². The van der Waals surface area contributed by atoms with E-state index in [1.54, 1.807) is 31.2 Å². The van der Waals surface area contributed by atoms with Gasteiger partial charge in [-0.05, 0) is 106 Å². The SMILES string of the molecule is CC(=O)N1CCc2c(c(-c3cccc4cc(C5CC5)ncc34)nn2C2CCN(CC3CCN(c4ccc(C(=O)NC5CCC(Oc6ccc(C#N)c(Cl)c6)CC5)nn4)CC3)CC2)C1. The van der Waals surface area contributed by atoms with Crippen LogP contribution >= 0.6 is 11.6 Å². The lowest BCUT2D eigenvalue weighted by Crippen LogP contribution is -2.42. The van der Waals surface area contributed by atoms with E-state index in [1.165, 1.54) is 35.2 Å². The molecular formula is C49H55ClN10O3. The molecule has 326 valence electrons. The van der Waals surface area contributed by atoms with Gasteiger partial charge in [-0.15, -0.1) is 10.2 Å². The third kappa shape index (κ3) is 8.98. The van der Waals surface area contributed by atoms with E-state index in [1.807, 2.05) is 17.2 Å². The summed E-state index contributed by atoms with van der Waals surface area (Å²) < 4.78 is 8.46. The van der Waals surface area contributed by atoms with Crippen molar-refractivity contribution < 1.29 is 14.3 Å². The molecule has 4 fully saturated rings. The van der Waals surface area contributed by atoms with Gasteiger partial charge in [-0.1, -0.05) is 29.8 Å². The summed E-state index contributed by atoms with van der Waals surface area (Å²) in [4.78, 5) is 37.5. The molecule has 3 aromatic heterocycles. The summed E-state index contributed by atoms with van der Waals surface area (Å²) >= 11 is 6.17. The molecule has 10 rings (SSSR count). The van der Waals surface area contributed by atoms with Crippen LogP contribution in [0.2, 0.25) is 5.02 Å². The highest BCUT2D eigenvalue weighted by Gasteiger charge is 2.33. The summed E-state index contributed by atoms with van der Waals surface area (Å²) in [6.45, 7) is 8.06. The zero-order valence-electron chi connectivity index (χ0n) is 36.0. The van der Waals surface area contributed by atoms with Gasteiger partial charge in [0.1, 0.15) is 11.8 Å². The number of nitrogens with one attached hydrogen (secondary N) is 1. The number of fused-ring (bicyclic) bond motifs is 2. The molecule has 0 spiro atoms. The lowest BCUT2D eigenvalue weighted by atomic mass is 9.92. The Hall–Kier alpha value is -5.58. The van der Waals surface area contributed by atoms with E-state index in [4.69, 9.17) is 31.7 Å². The van der Waals surface area contributed by atoms with Gasteiger partial charge in [0.25, 0.3) is 5.91 Å². The molecule has 2 saturated carbocycles. The molecule has 0 radical (unpaired) electrons. The molecule has 1 N–H and O–H groups in total. The van der Waals surface area contributed by atoms with Crippen LogP contribution in [0, 0.1) is 17.2 Å². The molecule has 14 heteroatoms. The number of amides is 2. The Labute approximate surface area is 373 Å². The number of carbonyl (C=O) groups is 2. The zero-order valence-corrected chi connectivity index (χ0v) is 36.8. The van der Waals surface area contributed by atoms with Gasteiger partial charge >= 0.3 is 0 Å². The van der Waals surface area contributed by atoms with Gasteiger partial charge in [-0.3, -0.25) is 19.3 Å². The summed E-state index contributed by atoms with van der Waals surface area (Å²) in [5, 5.41) is 29.2. The number of piperidine rings is 2. The summed E-state index contributed by atoms with van der Waals surface area (Å²) in [7, 11) is 0. The number of hydrogen-bond acceptors (Lipinski definition) is 10. The Morgan fingerprint density at radius 3 is 2.43 bits per heavy atom. The molecule has 3 aliphatic heterocycles. The van der Waals surface area contributed by atoms with E-state index in [-0.39, 0.29) is 24.0 Å². The molecule has 2 amide bonds. The number of carbonyl (C=O) groups excluding carboxylic acids is 2. The summed E-state index contributed by atoms with van der Waals surface area (Å²) in [6.07, 6.45) is 12.9. The number of hydrogen-bond donors (Lipinski definition) is 1. The number of benzene rings is 2. The van der Waals surface area contributed by atoms with E-state index in [9.17, 15) is 9.59 Å². The molecule has 0 atom stereocenters. The van der Waals surface area contributed by atoms with Crippen LogP contribution in [0.4, 0.5) is 5.82 Å². The second kappa shape index (κ2) is 17.9. The number of anilines is 1. The predicted molar refractivity (Wildman–Crippen MR) is 242 cm³/mol. The zero-order chi connectivity index (χ0) is 43.0. The van der Waals surface area contributed by atoms with Gasteiger partial charge in [0, 0.05) is 111 Å². The van der Waals surface area contributed by atoms with Crippen molar-refractivity contribution in [2.75, 3.05) is 44.2 Å². The second-order valence-electron chi connectivity index (χ2n) is 18.4. The fourth-order valence-corrected chi connectivity index (χ4v) is 10.6. The van der Waals surface area contributed by atoms with Gasteiger partial charge in [-0.2, -0.15) is 10.4 Å². The molecule has 0 unspecified atom stereocenters. The first-order valence-electron chi connectivity index (χ1n) is 23.0. The summed E-state index contributed by atoms with van der Waals surface area (Å²) in [5.41, 5.74) is 6.57. The lowest BCUT2D eigenvalue weighted by molar-refractivity contribution is -0.129. The molecule has 13 nitrogen and oxygen atoms in total. The van der Waals surface area contributed by atoms with Crippen LogP contribution in [-0.4, -0.2) is 98.0 Å².